The number of rotatable bonds is 5. The summed E-state index contributed by atoms with van der Waals surface area (Å²) in [4.78, 5) is 5.26. The first-order chi connectivity index (χ1) is 13.0. The van der Waals surface area contributed by atoms with E-state index < -0.39 is 0 Å². The summed E-state index contributed by atoms with van der Waals surface area (Å²) in [5.74, 6) is 0.970. The molecular formula is C21H32N6. The third kappa shape index (κ3) is 3.52. The molecule has 1 aromatic heterocycles. The number of piperazine rings is 1. The van der Waals surface area contributed by atoms with Crippen molar-refractivity contribution in [1.82, 2.24) is 30.0 Å². The maximum atomic E-state index is 4.54. The van der Waals surface area contributed by atoms with Gasteiger partial charge in [-0.1, -0.05) is 36.8 Å². The quantitative estimate of drug-likeness (QED) is 0.812. The first-order valence-electron chi connectivity index (χ1n) is 10.3. The molecule has 2 unspecified atom stereocenters. The fourth-order valence-electron chi connectivity index (χ4n) is 4.47. The lowest BCUT2D eigenvalue weighted by atomic mass is 9.98. The van der Waals surface area contributed by atoms with Crippen LogP contribution in [0.15, 0.2) is 24.3 Å². The molecular weight excluding hydrogens is 336 g/mol. The molecule has 6 nitrogen and oxygen atoms in total. The van der Waals surface area contributed by atoms with Crippen LogP contribution >= 0.6 is 0 Å². The molecule has 0 aliphatic carbocycles. The Bertz CT molecular complexity index is 765. The van der Waals surface area contributed by atoms with E-state index >= 15 is 0 Å². The molecule has 27 heavy (non-hydrogen) atoms. The Morgan fingerprint density at radius 2 is 1.93 bits per heavy atom. The Kier molecular flexibility index (Phi) is 5.03. The highest BCUT2D eigenvalue weighted by Crippen LogP contribution is 2.34. The van der Waals surface area contributed by atoms with Crippen molar-refractivity contribution in [2.24, 2.45) is 0 Å². The van der Waals surface area contributed by atoms with Gasteiger partial charge in [-0.15, -0.1) is 5.10 Å². The summed E-state index contributed by atoms with van der Waals surface area (Å²) in [6.45, 7) is 13.3. The van der Waals surface area contributed by atoms with Gasteiger partial charge in [0.25, 0.3) is 0 Å². The van der Waals surface area contributed by atoms with Gasteiger partial charge in [-0.3, -0.25) is 9.80 Å². The third-order valence-electron chi connectivity index (χ3n) is 6.55. The minimum atomic E-state index is -0.100. The van der Waals surface area contributed by atoms with Gasteiger partial charge in [0.2, 0.25) is 0 Å². The molecule has 6 heteroatoms. The number of tetrazole rings is 1. The number of aromatic nitrogens is 4. The van der Waals surface area contributed by atoms with Gasteiger partial charge in [0, 0.05) is 25.7 Å². The number of hydrogen-bond acceptors (Lipinski definition) is 5. The summed E-state index contributed by atoms with van der Waals surface area (Å²) in [6, 6.07) is 9.68. The van der Waals surface area contributed by atoms with E-state index in [4.69, 9.17) is 0 Å². The average Bonchev–Trinajstić information content (AvgIpc) is 3.33. The Morgan fingerprint density at radius 1 is 1.15 bits per heavy atom. The summed E-state index contributed by atoms with van der Waals surface area (Å²) in [6.07, 6.45) is 3.62. The van der Waals surface area contributed by atoms with E-state index in [0.717, 1.165) is 31.9 Å². The predicted octanol–water partition coefficient (Wildman–Crippen LogP) is 3.00. The van der Waals surface area contributed by atoms with E-state index in [0.29, 0.717) is 6.04 Å². The van der Waals surface area contributed by atoms with Crippen LogP contribution in [0.5, 0.6) is 0 Å². The fraction of sp³-hybridized carbons (Fsp3) is 0.667. The van der Waals surface area contributed by atoms with E-state index in [1.54, 1.807) is 0 Å². The molecule has 0 amide bonds. The zero-order chi connectivity index (χ0) is 19.0. The molecule has 2 atom stereocenters. The normalized spacial score (nSPS) is 22.7. The van der Waals surface area contributed by atoms with E-state index in [2.05, 4.69) is 82.0 Å². The Labute approximate surface area is 162 Å². The van der Waals surface area contributed by atoms with Crippen molar-refractivity contribution < 1.29 is 0 Å². The van der Waals surface area contributed by atoms with Crippen LogP contribution in [0, 0.1) is 6.92 Å². The third-order valence-corrected chi connectivity index (χ3v) is 6.55. The van der Waals surface area contributed by atoms with Gasteiger partial charge in [-0.05, 0) is 62.6 Å². The highest BCUT2D eigenvalue weighted by Gasteiger charge is 2.38. The molecule has 3 heterocycles. The van der Waals surface area contributed by atoms with Crippen LogP contribution in [0.1, 0.15) is 63.0 Å². The van der Waals surface area contributed by atoms with Crippen molar-refractivity contribution in [1.29, 1.82) is 0 Å². The Hall–Kier alpha value is -1.79. The van der Waals surface area contributed by atoms with Gasteiger partial charge >= 0.3 is 0 Å². The molecule has 0 saturated carbocycles. The van der Waals surface area contributed by atoms with Crippen LogP contribution in [0.25, 0.3) is 0 Å². The smallest absolute Gasteiger partial charge is 0.173 e. The predicted molar refractivity (Wildman–Crippen MR) is 107 cm³/mol. The average molecular weight is 369 g/mol. The minimum Gasteiger partial charge on any atom is -0.298 e. The summed E-state index contributed by atoms with van der Waals surface area (Å²) in [5, 5.41) is 13.0. The Morgan fingerprint density at radius 3 is 2.67 bits per heavy atom. The molecule has 0 N–H and O–H groups in total. The number of nitrogens with zero attached hydrogens (tertiary/aromatic N) is 6. The largest absolute Gasteiger partial charge is 0.298 e. The molecule has 0 radical (unpaired) electrons. The lowest BCUT2D eigenvalue weighted by Gasteiger charge is -2.41. The topological polar surface area (TPSA) is 50.1 Å². The van der Waals surface area contributed by atoms with Crippen LogP contribution in [-0.2, 0) is 5.54 Å². The molecule has 4 rings (SSSR count). The summed E-state index contributed by atoms with van der Waals surface area (Å²) in [7, 11) is 0. The second-order valence-corrected chi connectivity index (χ2v) is 8.76. The van der Waals surface area contributed by atoms with Gasteiger partial charge in [-0.25, -0.2) is 4.68 Å². The van der Waals surface area contributed by atoms with Crippen LogP contribution in [-0.4, -0.2) is 62.2 Å². The van der Waals surface area contributed by atoms with Crippen molar-refractivity contribution in [3.05, 3.63) is 41.2 Å². The molecule has 146 valence electrons. The summed E-state index contributed by atoms with van der Waals surface area (Å²) in [5.41, 5.74) is 2.47. The SMILES string of the molecule is CCC(C)(C)n1nnnc1C(c1ccc(C)cc1)N1CCN2CCCC2C1. The van der Waals surface area contributed by atoms with Crippen molar-refractivity contribution in [3.8, 4) is 0 Å². The van der Waals surface area contributed by atoms with Crippen LogP contribution in [0.3, 0.4) is 0 Å². The van der Waals surface area contributed by atoms with Gasteiger partial charge in [0.15, 0.2) is 5.82 Å². The molecule has 2 aliphatic rings. The van der Waals surface area contributed by atoms with Crippen LogP contribution < -0.4 is 0 Å². The minimum absolute atomic E-state index is 0.100. The zero-order valence-corrected chi connectivity index (χ0v) is 17.1. The lowest BCUT2D eigenvalue weighted by Crippen LogP contribution is -2.51. The Balaban J connectivity index is 1.73. The van der Waals surface area contributed by atoms with Crippen LogP contribution in [0.2, 0.25) is 0 Å². The highest BCUT2D eigenvalue weighted by molar-refractivity contribution is 5.28. The fourth-order valence-corrected chi connectivity index (χ4v) is 4.47. The molecule has 2 fully saturated rings. The number of hydrogen-bond donors (Lipinski definition) is 0. The molecule has 2 saturated heterocycles. The summed E-state index contributed by atoms with van der Waals surface area (Å²) < 4.78 is 2.05. The van der Waals surface area contributed by atoms with Crippen molar-refractivity contribution in [3.63, 3.8) is 0 Å². The number of aryl methyl sites for hydroxylation is 1. The number of fused-ring (bicyclic) bond motifs is 1. The molecule has 0 spiro atoms. The van der Waals surface area contributed by atoms with Crippen molar-refractivity contribution in [2.45, 2.75) is 64.6 Å². The molecule has 0 bridgehead atoms. The standard InChI is InChI=1S/C21H32N6/c1-5-21(3,4)27-20(22-23-24-27)19(17-10-8-16(2)9-11-17)26-14-13-25-12-6-7-18(25)15-26/h8-11,18-19H,5-7,12-15H2,1-4H3. The molecule has 2 aliphatic heterocycles. The van der Waals surface area contributed by atoms with Crippen molar-refractivity contribution in [2.75, 3.05) is 26.2 Å². The van der Waals surface area contributed by atoms with Gasteiger partial charge in [0.1, 0.15) is 0 Å². The highest BCUT2D eigenvalue weighted by atomic mass is 15.6. The maximum absolute atomic E-state index is 4.54. The van der Waals surface area contributed by atoms with E-state index in [1.807, 2.05) is 0 Å². The summed E-state index contributed by atoms with van der Waals surface area (Å²) >= 11 is 0. The van der Waals surface area contributed by atoms with E-state index in [1.165, 1.54) is 30.5 Å². The molecule has 2 aromatic rings. The second-order valence-electron chi connectivity index (χ2n) is 8.76. The van der Waals surface area contributed by atoms with Crippen molar-refractivity contribution >= 4 is 0 Å². The lowest BCUT2D eigenvalue weighted by molar-refractivity contribution is 0.0771. The monoisotopic (exact) mass is 368 g/mol. The second kappa shape index (κ2) is 7.32. The first kappa shape index (κ1) is 18.6. The number of benzene rings is 1. The maximum Gasteiger partial charge on any atom is 0.173 e. The zero-order valence-electron chi connectivity index (χ0n) is 17.1. The van der Waals surface area contributed by atoms with E-state index in [9.17, 15) is 0 Å². The van der Waals surface area contributed by atoms with Gasteiger partial charge in [-0.2, -0.15) is 0 Å². The molecule has 1 aromatic carbocycles. The van der Waals surface area contributed by atoms with Gasteiger partial charge < -0.3 is 0 Å². The first-order valence-corrected chi connectivity index (χ1v) is 10.3. The van der Waals surface area contributed by atoms with E-state index in [-0.39, 0.29) is 11.6 Å². The van der Waals surface area contributed by atoms with Gasteiger partial charge in [0.05, 0.1) is 11.6 Å². The van der Waals surface area contributed by atoms with Crippen LogP contribution in [0.4, 0.5) is 0 Å².